The first-order chi connectivity index (χ1) is 16.5. The van der Waals surface area contributed by atoms with Gasteiger partial charge in [-0.15, -0.1) is 0 Å². The highest BCUT2D eigenvalue weighted by Crippen LogP contribution is 2.18. The molecule has 0 bridgehead atoms. The number of carbonyl (C=O) groups excluding carboxylic acids is 1. The Morgan fingerprint density at radius 3 is 2.50 bits per heavy atom. The minimum absolute atomic E-state index is 0.0339. The topological polar surface area (TPSA) is 56.1 Å². The van der Waals surface area contributed by atoms with Crippen LogP contribution in [-0.4, -0.2) is 28.6 Å². The van der Waals surface area contributed by atoms with Crippen LogP contribution in [0.5, 0.6) is 5.75 Å². The van der Waals surface area contributed by atoms with E-state index in [0.29, 0.717) is 19.6 Å². The highest BCUT2D eigenvalue weighted by molar-refractivity contribution is 5.95. The van der Waals surface area contributed by atoms with Crippen LogP contribution in [0.4, 0.5) is 0 Å². The van der Waals surface area contributed by atoms with Gasteiger partial charge in [-0.05, 0) is 69.5 Å². The summed E-state index contributed by atoms with van der Waals surface area (Å²) in [5, 5.41) is 3.07. The monoisotopic (exact) mass is 455 g/mol. The first kappa shape index (κ1) is 23.6. The fourth-order valence-electron chi connectivity index (χ4n) is 4.21. The third-order valence-corrected chi connectivity index (χ3v) is 6.06. The normalized spacial score (nSPS) is 11.0. The van der Waals surface area contributed by atoms with Crippen molar-refractivity contribution in [2.45, 2.75) is 46.6 Å². The molecule has 0 radical (unpaired) electrons. The molecule has 0 aliphatic carbocycles. The van der Waals surface area contributed by atoms with Crippen molar-refractivity contribution in [2.24, 2.45) is 0 Å². The Hall–Kier alpha value is -3.60. The highest BCUT2D eigenvalue weighted by Gasteiger charge is 2.12. The predicted molar refractivity (Wildman–Crippen MR) is 138 cm³/mol. The molecule has 34 heavy (non-hydrogen) atoms. The summed E-state index contributed by atoms with van der Waals surface area (Å²) in [5.74, 6) is 1.88. The third-order valence-electron chi connectivity index (χ3n) is 6.06. The summed E-state index contributed by atoms with van der Waals surface area (Å²) in [4.78, 5) is 17.5. The second-order valence-corrected chi connectivity index (χ2v) is 8.86. The number of carbonyl (C=O) groups is 1. The van der Waals surface area contributed by atoms with Gasteiger partial charge in [0.2, 0.25) is 0 Å². The summed E-state index contributed by atoms with van der Waals surface area (Å²) in [5.41, 5.74) is 6.25. The average molecular weight is 456 g/mol. The minimum atomic E-state index is -0.0339. The molecule has 0 aliphatic rings. The molecule has 1 N–H and O–H groups in total. The van der Waals surface area contributed by atoms with Gasteiger partial charge >= 0.3 is 0 Å². The average Bonchev–Trinajstić information content (AvgIpc) is 3.17. The molecular formula is C29H33N3O2. The molecule has 1 aromatic heterocycles. The number of aromatic nitrogens is 2. The molecule has 0 atom stereocenters. The van der Waals surface area contributed by atoms with Crippen LogP contribution in [0.25, 0.3) is 11.0 Å². The number of unbranched alkanes of at least 4 members (excludes halogenated alkanes) is 1. The number of nitrogens with zero attached hydrogens (tertiary/aromatic N) is 2. The van der Waals surface area contributed by atoms with E-state index >= 15 is 0 Å². The second kappa shape index (κ2) is 11.0. The van der Waals surface area contributed by atoms with E-state index in [0.717, 1.165) is 58.7 Å². The fourth-order valence-corrected chi connectivity index (χ4v) is 4.21. The van der Waals surface area contributed by atoms with Crippen molar-refractivity contribution in [1.82, 2.24) is 14.9 Å². The fraction of sp³-hybridized carbons (Fsp3) is 0.310. The number of para-hydroxylation sites is 2. The smallest absolute Gasteiger partial charge is 0.251 e. The molecular weight excluding hydrogens is 422 g/mol. The van der Waals surface area contributed by atoms with Crippen LogP contribution in [0, 0.1) is 20.8 Å². The Morgan fingerprint density at radius 1 is 0.941 bits per heavy atom. The maximum atomic E-state index is 12.7. The van der Waals surface area contributed by atoms with Crippen LogP contribution in [-0.2, 0) is 13.0 Å². The molecule has 0 unspecified atom stereocenters. The molecule has 3 aromatic carbocycles. The van der Waals surface area contributed by atoms with Gasteiger partial charge in [-0.25, -0.2) is 4.98 Å². The van der Waals surface area contributed by atoms with Crippen molar-refractivity contribution in [1.29, 1.82) is 0 Å². The maximum absolute atomic E-state index is 12.7. The molecule has 5 heteroatoms. The molecule has 0 spiro atoms. The Labute approximate surface area is 201 Å². The first-order valence-electron chi connectivity index (χ1n) is 12.0. The van der Waals surface area contributed by atoms with E-state index in [9.17, 15) is 4.79 Å². The number of fused-ring (bicyclic) bond motifs is 1. The summed E-state index contributed by atoms with van der Waals surface area (Å²) in [6, 6.07) is 22.3. The lowest BCUT2D eigenvalue weighted by Crippen LogP contribution is -2.27. The number of benzene rings is 3. The standard InChI is InChI=1S/C29H33N3O2/c1-21-10-13-24(14-11-21)34-19-7-6-18-32-27-9-5-4-8-26(27)31-28(32)16-17-30-29(33)25-15-12-22(2)20-23(25)3/h4-5,8-15,20H,6-7,16-19H2,1-3H3,(H,30,33). The quantitative estimate of drug-likeness (QED) is 0.308. The molecule has 4 aromatic rings. The van der Waals surface area contributed by atoms with Gasteiger partial charge in [-0.3, -0.25) is 4.79 Å². The van der Waals surface area contributed by atoms with Crippen LogP contribution < -0.4 is 10.1 Å². The molecule has 0 saturated heterocycles. The van der Waals surface area contributed by atoms with Gasteiger partial charge < -0.3 is 14.6 Å². The second-order valence-electron chi connectivity index (χ2n) is 8.86. The van der Waals surface area contributed by atoms with Crippen molar-refractivity contribution >= 4 is 16.9 Å². The Morgan fingerprint density at radius 2 is 1.71 bits per heavy atom. The summed E-state index contributed by atoms with van der Waals surface area (Å²) in [7, 11) is 0. The highest BCUT2D eigenvalue weighted by atomic mass is 16.5. The lowest BCUT2D eigenvalue weighted by molar-refractivity contribution is 0.0953. The van der Waals surface area contributed by atoms with Gasteiger partial charge in [0.1, 0.15) is 11.6 Å². The van der Waals surface area contributed by atoms with Gasteiger partial charge in [0.05, 0.1) is 17.6 Å². The molecule has 0 aliphatic heterocycles. The van der Waals surface area contributed by atoms with Crippen LogP contribution in [0.15, 0.2) is 66.7 Å². The van der Waals surface area contributed by atoms with Gasteiger partial charge in [0.15, 0.2) is 0 Å². The van der Waals surface area contributed by atoms with Crippen molar-refractivity contribution in [3.05, 3.63) is 94.8 Å². The third kappa shape index (κ3) is 5.84. The van der Waals surface area contributed by atoms with E-state index in [-0.39, 0.29) is 5.91 Å². The number of amides is 1. The summed E-state index contributed by atoms with van der Waals surface area (Å²) in [6.07, 6.45) is 2.64. The van der Waals surface area contributed by atoms with Gasteiger partial charge in [-0.2, -0.15) is 0 Å². The Kier molecular flexibility index (Phi) is 7.63. The maximum Gasteiger partial charge on any atom is 0.251 e. The van der Waals surface area contributed by atoms with Crippen molar-refractivity contribution < 1.29 is 9.53 Å². The SMILES string of the molecule is Cc1ccc(OCCCCn2c(CCNC(=O)c3ccc(C)cc3C)nc3ccccc32)cc1. The molecule has 1 amide bonds. The number of hydrogen-bond donors (Lipinski definition) is 1. The van der Waals surface area contributed by atoms with Gasteiger partial charge in [0, 0.05) is 25.1 Å². The van der Waals surface area contributed by atoms with E-state index < -0.39 is 0 Å². The largest absolute Gasteiger partial charge is 0.494 e. The molecule has 176 valence electrons. The molecule has 0 fully saturated rings. The van der Waals surface area contributed by atoms with E-state index in [2.05, 4.69) is 35.0 Å². The van der Waals surface area contributed by atoms with E-state index in [1.54, 1.807) is 0 Å². The summed E-state index contributed by atoms with van der Waals surface area (Å²) >= 11 is 0. The Balaban J connectivity index is 1.34. The molecule has 1 heterocycles. The number of ether oxygens (including phenoxy) is 1. The van der Waals surface area contributed by atoms with Crippen LogP contribution >= 0.6 is 0 Å². The van der Waals surface area contributed by atoms with Crippen LogP contribution in [0.1, 0.15) is 45.7 Å². The molecule has 4 rings (SSSR count). The zero-order valence-electron chi connectivity index (χ0n) is 20.3. The van der Waals surface area contributed by atoms with Crippen LogP contribution in [0.3, 0.4) is 0 Å². The predicted octanol–water partition coefficient (Wildman–Crippen LogP) is 5.79. The summed E-state index contributed by atoms with van der Waals surface area (Å²) < 4.78 is 8.16. The zero-order valence-corrected chi connectivity index (χ0v) is 20.3. The molecule has 0 saturated carbocycles. The Bertz CT molecular complexity index is 1260. The van der Waals surface area contributed by atoms with E-state index in [4.69, 9.17) is 9.72 Å². The van der Waals surface area contributed by atoms with Gasteiger partial charge in [-0.1, -0.05) is 47.5 Å². The number of imidazole rings is 1. The number of aryl methyl sites for hydroxylation is 4. The lowest BCUT2D eigenvalue weighted by Gasteiger charge is -2.11. The van der Waals surface area contributed by atoms with Crippen LogP contribution in [0.2, 0.25) is 0 Å². The number of nitrogens with one attached hydrogen (secondary N) is 1. The van der Waals surface area contributed by atoms with Gasteiger partial charge in [0.25, 0.3) is 5.91 Å². The first-order valence-corrected chi connectivity index (χ1v) is 12.0. The number of hydrogen-bond acceptors (Lipinski definition) is 3. The number of rotatable bonds is 10. The zero-order chi connectivity index (χ0) is 23.9. The van der Waals surface area contributed by atoms with E-state index in [1.165, 1.54) is 5.56 Å². The summed E-state index contributed by atoms with van der Waals surface area (Å²) in [6.45, 7) is 8.20. The van der Waals surface area contributed by atoms with E-state index in [1.807, 2.05) is 62.4 Å². The van der Waals surface area contributed by atoms with Crippen molar-refractivity contribution in [2.75, 3.05) is 13.2 Å². The van der Waals surface area contributed by atoms with Crippen molar-refractivity contribution in [3.63, 3.8) is 0 Å². The molecule has 5 nitrogen and oxygen atoms in total. The minimum Gasteiger partial charge on any atom is -0.494 e. The van der Waals surface area contributed by atoms with Crippen molar-refractivity contribution in [3.8, 4) is 5.75 Å². The lowest BCUT2D eigenvalue weighted by atomic mass is 10.1.